The van der Waals surface area contributed by atoms with Gasteiger partial charge in [0.15, 0.2) is 0 Å². The van der Waals surface area contributed by atoms with Gasteiger partial charge in [0, 0.05) is 50.5 Å². The van der Waals surface area contributed by atoms with Crippen LogP contribution in [0.25, 0.3) is 11.3 Å². The van der Waals surface area contributed by atoms with E-state index in [-0.39, 0.29) is 17.6 Å². The molecule has 0 spiro atoms. The van der Waals surface area contributed by atoms with E-state index in [1.54, 1.807) is 34.8 Å². The summed E-state index contributed by atoms with van der Waals surface area (Å²) < 4.78 is 7.13. The normalized spacial score (nSPS) is 13.9. The highest BCUT2D eigenvalue weighted by Crippen LogP contribution is 2.30. The fourth-order valence-corrected chi connectivity index (χ4v) is 4.74. The summed E-state index contributed by atoms with van der Waals surface area (Å²) in [4.78, 5) is 33.4. The Bertz CT molecular complexity index is 1430. The molecular formula is C28H29ClN6O3. The number of amides is 2. The second-order valence-corrected chi connectivity index (χ2v) is 10.0. The summed E-state index contributed by atoms with van der Waals surface area (Å²) in [6, 6.07) is 17.4. The third-order valence-electron chi connectivity index (χ3n) is 6.76. The second kappa shape index (κ2) is 10.7. The molecule has 0 unspecified atom stereocenters. The summed E-state index contributed by atoms with van der Waals surface area (Å²) in [5.74, 6) is 0.247. The van der Waals surface area contributed by atoms with Crippen LogP contribution in [-0.4, -0.2) is 58.7 Å². The standard InChI is InChI=1S/C28H29ClN6O3/c1-33(2)28-30-17-25(38-28)27(37)35-14-12-19(13-15-35)18-6-10-22(11-7-18)31-26(36)24-16-23(32-34(24)3)20-4-8-21(29)9-5-20/h4-11,16-17,19H,12-15H2,1-3H3,(H,31,36). The minimum Gasteiger partial charge on any atom is -0.418 e. The van der Waals surface area contributed by atoms with Gasteiger partial charge in [-0.2, -0.15) is 5.10 Å². The number of hydrogen-bond acceptors (Lipinski definition) is 6. The molecule has 1 N–H and O–H groups in total. The molecule has 0 bridgehead atoms. The van der Waals surface area contributed by atoms with Gasteiger partial charge >= 0.3 is 0 Å². The van der Waals surface area contributed by atoms with Crippen LogP contribution in [0, 0.1) is 0 Å². The van der Waals surface area contributed by atoms with Crippen LogP contribution in [0.5, 0.6) is 0 Å². The molecule has 1 fully saturated rings. The van der Waals surface area contributed by atoms with Gasteiger partial charge < -0.3 is 19.5 Å². The number of carbonyl (C=O) groups is 2. The van der Waals surface area contributed by atoms with E-state index in [2.05, 4.69) is 15.4 Å². The summed E-state index contributed by atoms with van der Waals surface area (Å²) in [5.41, 5.74) is 3.95. The predicted octanol–water partition coefficient (Wildman–Crippen LogP) is 5.07. The van der Waals surface area contributed by atoms with E-state index in [0.29, 0.717) is 47.1 Å². The molecule has 2 aromatic heterocycles. The molecule has 1 aliphatic heterocycles. The number of benzene rings is 2. The number of halogens is 1. The number of oxazole rings is 1. The first kappa shape index (κ1) is 25.5. The van der Waals surface area contributed by atoms with E-state index in [9.17, 15) is 9.59 Å². The molecule has 196 valence electrons. The average molecular weight is 533 g/mol. The zero-order chi connectivity index (χ0) is 26.8. The maximum absolute atomic E-state index is 12.9. The molecule has 38 heavy (non-hydrogen) atoms. The molecule has 3 heterocycles. The van der Waals surface area contributed by atoms with Gasteiger partial charge in [0.1, 0.15) is 5.69 Å². The van der Waals surface area contributed by atoms with Crippen LogP contribution in [0.15, 0.2) is 65.2 Å². The van der Waals surface area contributed by atoms with Gasteiger partial charge in [0.05, 0.1) is 11.9 Å². The lowest BCUT2D eigenvalue weighted by Gasteiger charge is -2.31. The van der Waals surface area contributed by atoms with E-state index in [4.69, 9.17) is 16.0 Å². The number of aromatic nitrogens is 3. The number of rotatable bonds is 6. The monoisotopic (exact) mass is 532 g/mol. The van der Waals surface area contributed by atoms with Crippen LogP contribution in [0.2, 0.25) is 5.02 Å². The highest BCUT2D eigenvalue weighted by Gasteiger charge is 2.27. The Balaban J connectivity index is 1.17. The lowest BCUT2D eigenvalue weighted by atomic mass is 9.89. The molecule has 1 saturated heterocycles. The second-order valence-electron chi connectivity index (χ2n) is 9.59. The maximum atomic E-state index is 12.9. The summed E-state index contributed by atoms with van der Waals surface area (Å²) in [6.45, 7) is 1.30. The van der Waals surface area contributed by atoms with Gasteiger partial charge in [0.25, 0.3) is 17.8 Å². The Morgan fingerprint density at radius 3 is 2.37 bits per heavy atom. The molecule has 0 aliphatic carbocycles. The van der Waals surface area contributed by atoms with E-state index in [0.717, 1.165) is 18.4 Å². The molecule has 10 heteroatoms. The van der Waals surface area contributed by atoms with Gasteiger partial charge in [-0.3, -0.25) is 14.3 Å². The molecule has 0 atom stereocenters. The van der Waals surface area contributed by atoms with Crippen molar-refractivity contribution in [3.05, 3.63) is 82.8 Å². The van der Waals surface area contributed by atoms with Crippen molar-refractivity contribution in [1.29, 1.82) is 0 Å². The smallest absolute Gasteiger partial charge is 0.297 e. The van der Waals surface area contributed by atoms with Crippen molar-refractivity contribution in [3.8, 4) is 11.3 Å². The first-order valence-electron chi connectivity index (χ1n) is 12.4. The number of carbonyl (C=O) groups excluding carboxylic acids is 2. The van der Waals surface area contributed by atoms with Crippen LogP contribution in [0.4, 0.5) is 11.7 Å². The number of hydrogen-bond donors (Lipinski definition) is 1. The maximum Gasteiger partial charge on any atom is 0.297 e. The quantitative estimate of drug-likeness (QED) is 0.372. The lowest BCUT2D eigenvalue weighted by molar-refractivity contribution is 0.0681. The summed E-state index contributed by atoms with van der Waals surface area (Å²) in [6.07, 6.45) is 3.20. The fraction of sp³-hybridized carbons (Fsp3) is 0.286. The SMILES string of the molecule is CN(C)c1ncc(C(=O)N2CCC(c3ccc(NC(=O)c4cc(-c5ccc(Cl)cc5)nn4C)cc3)CC2)o1. The van der Waals surface area contributed by atoms with Gasteiger partial charge in [0.2, 0.25) is 5.76 Å². The van der Waals surface area contributed by atoms with Crippen LogP contribution in [-0.2, 0) is 7.05 Å². The largest absolute Gasteiger partial charge is 0.418 e. The average Bonchev–Trinajstić information content (AvgIpc) is 3.57. The van der Waals surface area contributed by atoms with Gasteiger partial charge in [-0.25, -0.2) is 4.98 Å². The highest BCUT2D eigenvalue weighted by atomic mass is 35.5. The molecule has 0 radical (unpaired) electrons. The van der Waals surface area contributed by atoms with Crippen molar-refractivity contribution in [2.45, 2.75) is 18.8 Å². The zero-order valence-corrected chi connectivity index (χ0v) is 22.3. The van der Waals surface area contributed by atoms with Gasteiger partial charge in [-0.1, -0.05) is 35.9 Å². The van der Waals surface area contributed by atoms with E-state index >= 15 is 0 Å². The molecule has 9 nitrogen and oxygen atoms in total. The number of anilines is 2. The predicted molar refractivity (Wildman–Crippen MR) is 147 cm³/mol. The fourth-order valence-electron chi connectivity index (χ4n) is 4.62. The third kappa shape index (κ3) is 5.43. The number of aryl methyl sites for hydroxylation is 1. The van der Waals surface area contributed by atoms with E-state index in [1.807, 2.05) is 55.4 Å². The summed E-state index contributed by atoms with van der Waals surface area (Å²) in [5, 5.41) is 8.08. The number of piperidine rings is 1. The number of nitrogens with one attached hydrogen (secondary N) is 1. The minimum absolute atomic E-state index is 0.128. The first-order valence-corrected chi connectivity index (χ1v) is 12.8. The highest BCUT2D eigenvalue weighted by molar-refractivity contribution is 6.30. The zero-order valence-electron chi connectivity index (χ0n) is 21.5. The van der Waals surface area contributed by atoms with Gasteiger partial charge in [-0.15, -0.1) is 0 Å². The van der Waals surface area contributed by atoms with Crippen LogP contribution < -0.4 is 10.2 Å². The topological polar surface area (TPSA) is 96.5 Å². The number of likely N-dealkylation sites (tertiary alicyclic amines) is 1. The first-order chi connectivity index (χ1) is 18.3. The molecule has 5 rings (SSSR count). The molecular weight excluding hydrogens is 504 g/mol. The lowest BCUT2D eigenvalue weighted by Crippen LogP contribution is -2.37. The Morgan fingerprint density at radius 1 is 1.05 bits per heavy atom. The van der Waals surface area contributed by atoms with Crippen LogP contribution in [0.1, 0.15) is 45.4 Å². The molecule has 2 aromatic carbocycles. The Morgan fingerprint density at radius 2 is 1.74 bits per heavy atom. The molecule has 1 aliphatic rings. The van der Waals surface area contributed by atoms with Crippen LogP contribution >= 0.6 is 11.6 Å². The Kier molecular flexibility index (Phi) is 7.20. The van der Waals surface area contributed by atoms with Crippen molar-refractivity contribution in [1.82, 2.24) is 19.7 Å². The van der Waals surface area contributed by atoms with Crippen molar-refractivity contribution in [2.24, 2.45) is 7.05 Å². The minimum atomic E-state index is -0.232. The Labute approximate surface area is 226 Å². The van der Waals surface area contributed by atoms with E-state index < -0.39 is 0 Å². The van der Waals surface area contributed by atoms with Crippen molar-refractivity contribution in [2.75, 3.05) is 37.4 Å². The van der Waals surface area contributed by atoms with Crippen molar-refractivity contribution in [3.63, 3.8) is 0 Å². The van der Waals surface area contributed by atoms with Crippen molar-refractivity contribution < 1.29 is 14.0 Å². The van der Waals surface area contributed by atoms with Gasteiger partial charge in [-0.05, 0) is 54.7 Å². The third-order valence-corrected chi connectivity index (χ3v) is 7.01. The Hall–Kier alpha value is -4.11. The van der Waals surface area contributed by atoms with Crippen LogP contribution in [0.3, 0.4) is 0 Å². The molecule has 0 saturated carbocycles. The van der Waals surface area contributed by atoms with Crippen molar-refractivity contribution >= 4 is 35.1 Å². The van der Waals surface area contributed by atoms with E-state index in [1.165, 1.54) is 11.8 Å². The molecule has 4 aromatic rings. The summed E-state index contributed by atoms with van der Waals surface area (Å²) >= 11 is 5.98. The summed E-state index contributed by atoms with van der Waals surface area (Å²) in [7, 11) is 5.39. The molecule has 2 amide bonds. The number of nitrogens with zero attached hydrogens (tertiary/aromatic N) is 5.